The number of hydrogen-bond acceptors (Lipinski definition) is 5. The van der Waals surface area contributed by atoms with E-state index in [1.165, 1.54) is 0 Å². The Morgan fingerprint density at radius 3 is 2.61 bits per heavy atom. The molecule has 0 aliphatic carbocycles. The smallest absolute Gasteiger partial charge is 0.255 e. The lowest BCUT2D eigenvalue weighted by molar-refractivity contribution is 0.0916. The molecule has 1 atom stereocenters. The molecule has 0 aliphatic heterocycles. The van der Waals surface area contributed by atoms with E-state index in [4.69, 9.17) is 4.42 Å². The van der Waals surface area contributed by atoms with Gasteiger partial charge in [0.15, 0.2) is 11.0 Å². The highest BCUT2D eigenvalue weighted by Gasteiger charge is 2.20. The summed E-state index contributed by atoms with van der Waals surface area (Å²) in [4.78, 5) is 25.7. The maximum atomic E-state index is 12.9. The molecule has 0 fully saturated rings. The molecule has 0 radical (unpaired) electrons. The van der Waals surface area contributed by atoms with Gasteiger partial charge < -0.3 is 14.8 Å². The molecule has 146 valence electrons. The average molecular weight is 397 g/mol. The molecular weight excluding hydrogens is 374 g/mol. The highest BCUT2D eigenvalue weighted by molar-refractivity contribution is 7.98. The zero-order valence-corrected chi connectivity index (χ0v) is 16.7. The first-order chi connectivity index (χ1) is 13.6. The first kappa shape index (κ1) is 20.2. The molecule has 0 saturated heterocycles. The second-order valence-corrected chi connectivity index (χ2v) is 7.55. The molecule has 3 aromatic rings. The van der Waals surface area contributed by atoms with Gasteiger partial charge in [-0.1, -0.05) is 36.4 Å². The molecule has 0 saturated carbocycles. The minimum absolute atomic E-state index is 0.143. The Morgan fingerprint density at radius 2 is 1.93 bits per heavy atom. The number of thioether (sulfide) groups is 1. The fourth-order valence-electron chi connectivity index (χ4n) is 3.09. The van der Waals surface area contributed by atoms with E-state index in [1.54, 1.807) is 36.9 Å². The van der Waals surface area contributed by atoms with Crippen molar-refractivity contribution >= 4 is 28.6 Å². The number of carbonyl (C=O) groups excluding carboxylic acids is 1. The summed E-state index contributed by atoms with van der Waals surface area (Å²) in [5, 5.41) is 12.7. The third-order valence-electron chi connectivity index (χ3n) is 4.65. The number of rotatable bonds is 7. The van der Waals surface area contributed by atoms with Crippen molar-refractivity contribution in [1.82, 2.24) is 5.32 Å². The summed E-state index contributed by atoms with van der Waals surface area (Å²) in [7, 11) is 0. The maximum Gasteiger partial charge on any atom is 0.255 e. The fourth-order valence-corrected chi connectivity index (χ4v) is 3.61. The van der Waals surface area contributed by atoms with Gasteiger partial charge in [-0.2, -0.15) is 11.8 Å². The van der Waals surface area contributed by atoms with Gasteiger partial charge in [0, 0.05) is 11.1 Å². The summed E-state index contributed by atoms with van der Waals surface area (Å²) in [6.07, 6.45) is 2.63. The van der Waals surface area contributed by atoms with Crippen LogP contribution in [0, 0.1) is 6.92 Å². The van der Waals surface area contributed by atoms with Crippen LogP contribution in [0.2, 0.25) is 0 Å². The lowest BCUT2D eigenvalue weighted by Gasteiger charge is -2.16. The number of nitrogens with one attached hydrogen (secondary N) is 1. The molecule has 28 heavy (non-hydrogen) atoms. The molecular formula is C22H23NO4S. The van der Waals surface area contributed by atoms with Gasteiger partial charge in [0.25, 0.3) is 5.91 Å². The quantitative estimate of drug-likeness (QED) is 0.637. The van der Waals surface area contributed by atoms with Crippen LogP contribution in [0.15, 0.2) is 57.7 Å². The molecule has 1 aromatic heterocycles. The van der Waals surface area contributed by atoms with Crippen molar-refractivity contribution < 1.29 is 14.3 Å². The summed E-state index contributed by atoms with van der Waals surface area (Å²) >= 11 is 1.65. The van der Waals surface area contributed by atoms with Crippen LogP contribution in [0.5, 0.6) is 0 Å². The van der Waals surface area contributed by atoms with Crippen LogP contribution >= 0.6 is 11.8 Å². The molecule has 0 unspecified atom stereocenters. The van der Waals surface area contributed by atoms with E-state index in [0.717, 1.165) is 11.3 Å². The van der Waals surface area contributed by atoms with E-state index >= 15 is 0 Å². The molecule has 2 aromatic carbocycles. The first-order valence-electron chi connectivity index (χ1n) is 9.09. The predicted octanol–water partition coefficient (Wildman–Crippen LogP) is 3.61. The molecule has 0 aliphatic rings. The van der Waals surface area contributed by atoms with Crippen molar-refractivity contribution in [2.24, 2.45) is 0 Å². The van der Waals surface area contributed by atoms with Gasteiger partial charge in [0.05, 0.1) is 23.6 Å². The standard InChI is InChI=1S/C22H23NO4S/c1-14-19(25)17-9-6-10-18(22(26)23-16(13-24)11-12-28-2)21(17)27-20(14)15-7-4-3-5-8-15/h3-10,16,24H,11-13H2,1-2H3,(H,23,26)/t16-/m1/s1. The summed E-state index contributed by atoms with van der Waals surface area (Å²) in [6, 6.07) is 14.0. The number of amides is 1. The van der Waals surface area contributed by atoms with E-state index in [0.29, 0.717) is 23.1 Å². The summed E-state index contributed by atoms with van der Waals surface area (Å²) < 4.78 is 6.08. The summed E-state index contributed by atoms with van der Waals surface area (Å²) in [6.45, 7) is 1.58. The molecule has 2 N–H and O–H groups in total. The fraction of sp³-hybridized carbons (Fsp3) is 0.273. The topological polar surface area (TPSA) is 79.5 Å². The predicted molar refractivity (Wildman–Crippen MR) is 114 cm³/mol. The van der Waals surface area contributed by atoms with Gasteiger partial charge in [-0.25, -0.2) is 0 Å². The SMILES string of the molecule is CSCC[C@H](CO)NC(=O)c1cccc2c(=O)c(C)c(-c3ccccc3)oc12. The highest BCUT2D eigenvalue weighted by Crippen LogP contribution is 2.27. The number of aliphatic hydroxyl groups is 1. The Bertz CT molecular complexity index is 1030. The van der Waals surface area contributed by atoms with Crippen molar-refractivity contribution in [3.8, 4) is 11.3 Å². The molecule has 1 amide bonds. The number of fused-ring (bicyclic) bond motifs is 1. The summed E-state index contributed by atoms with van der Waals surface area (Å²) in [5.41, 5.74) is 1.67. The van der Waals surface area contributed by atoms with Crippen molar-refractivity contribution in [3.05, 3.63) is 69.9 Å². The van der Waals surface area contributed by atoms with Crippen molar-refractivity contribution in [2.75, 3.05) is 18.6 Å². The maximum absolute atomic E-state index is 12.9. The monoisotopic (exact) mass is 397 g/mol. The van der Waals surface area contributed by atoms with Crippen LogP contribution in [0.3, 0.4) is 0 Å². The van der Waals surface area contributed by atoms with Crippen LogP contribution in [0.4, 0.5) is 0 Å². The van der Waals surface area contributed by atoms with Crippen molar-refractivity contribution in [1.29, 1.82) is 0 Å². The molecule has 5 nitrogen and oxygen atoms in total. The van der Waals surface area contributed by atoms with Crippen LogP contribution in [0.1, 0.15) is 22.3 Å². The Labute approximate surface area is 167 Å². The van der Waals surface area contributed by atoms with E-state index in [9.17, 15) is 14.7 Å². The average Bonchev–Trinajstić information content (AvgIpc) is 2.73. The largest absolute Gasteiger partial charge is 0.455 e. The second-order valence-electron chi connectivity index (χ2n) is 6.57. The number of carbonyl (C=O) groups is 1. The van der Waals surface area contributed by atoms with Crippen molar-refractivity contribution in [2.45, 2.75) is 19.4 Å². The first-order valence-corrected chi connectivity index (χ1v) is 10.5. The number of hydrogen-bond donors (Lipinski definition) is 2. The minimum atomic E-state index is -0.364. The molecule has 1 heterocycles. The number of para-hydroxylation sites is 1. The van der Waals surface area contributed by atoms with Gasteiger partial charge in [-0.3, -0.25) is 9.59 Å². The van der Waals surface area contributed by atoms with Crippen LogP contribution in [-0.4, -0.2) is 35.7 Å². The van der Waals surface area contributed by atoms with E-state index in [2.05, 4.69) is 5.32 Å². The number of aliphatic hydroxyl groups excluding tert-OH is 1. The summed E-state index contributed by atoms with van der Waals surface area (Å²) in [5.74, 6) is 0.921. The van der Waals surface area contributed by atoms with Gasteiger partial charge in [0.1, 0.15) is 5.76 Å². The lowest BCUT2D eigenvalue weighted by Crippen LogP contribution is -2.38. The molecule has 0 spiro atoms. The number of benzene rings is 2. The van der Waals surface area contributed by atoms with Crippen LogP contribution < -0.4 is 10.7 Å². The Morgan fingerprint density at radius 1 is 1.18 bits per heavy atom. The van der Waals surface area contributed by atoms with E-state index < -0.39 is 0 Å². The van der Waals surface area contributed by atoms with E-state index in [-0.39, 0.29) is 35.1 Å². The van der Waals surface area contributed by atoms with Crippen LogP contribution in [-0.2, 0) is 0 Å². The van der Waals surface area contributed by atoms with Gasteiger partial charge in [0.2, 0.25) is 0 Å². The van der Waals surface area contributed by atoms with E-state index in [1.807, 2.05) is 36.6 Å². The van der Waals surface area contributed by atoms with Crippen LogP contribution in [0.25, 0.3) is 22.3 Å². The zero-order valence-electron chi connectivity index (χ0n) is 15.9. The van der Waals surface area contributed by atoms with Gasteiger partial charge >= 0.3 is 0 Å². The second kappa shape index (κ2) is 9.08. The Balaban J connectivity index is 2.08. The van der Waals surface area contributed by atoms with Gasteiger partial charge in [-0.15, -0.1) is 0 Å². The lowest BCUT2D eigenvalue weighted by atomic mass is 10.0. The third-order valence-corrected chi connectivity index (χ3v) is 5.30. The minimum Gasteiger partial charge on any atom is -0.455 e. The van der Waals surface area contributed by atoms with Crippen molar-refractivity contribution in [3.63, 3.8) is 0 Å². The zero-order chi connectivity index (χ0) is 20.1. The molecule has 6 heteroatoms. The Hall–Kier alpha value is -2.57. The third kappa shape index (κ3) is 4.13. The highest BCUT2D eigenvalue weighted by atomic mass is 32.2. The molecule has 0 bridgehead atoms. The molecule has 3 rings (SSSR count). The normalized spacial score (nSPS) is 12.1. The Kier molecular flexibility index (Phi) is 6.54. The van der Waals surface area contributed by atoms with Gasteiger partial charge in [-0.05, 0) is 37.5 Å².